The molecule has 0 unspecified atom stereocenters. The number of carbonyl (C=O) groups is 3. The highest BCUT2D eigenvalue weighted by molar-refractivity contribution is 5.89. The first-order chi connectivity index (χ1) is 11.7. The van der Waals surface area contributed by atoms with E-state index in [1.54, 1.807) is 13.0 Å². The maximum absolute atomic E-state index is 13.0. The van der Waals surface area contributed by atoms with Crippen LogP contribution >= 0.6 is 0 Å². The summed E-state index contributed by atoms with van der Waals surface area (Å²) in [6.45, 7) is 3.02. The van der Waals surface area contributed by atoms with Crippen molar-refractivity contribution in [2.24, 2.45) is 11.3 Å². The molecule has 25 heavy (non-hydrogen) atoms. The van der Waals surface area contributed by atoms with Crippen molar-refractivity contribution < 1.29 is 28.6 Å². The minimum atomic E-state index is -1.14. The Morgan fingerprint density at radius 3 is 2.72 bits per heavy atom. The number of esters is 3. The van der Waals surface area contributed by atoms with Gasteiger partial charge in [0.2, 0.25) is 0 Å². The molecule has 134 valence electrons. The van der Waals surface area contributed by atoms with Crippen LogP contribution in [0.5, 0.6) is 0 Å². The number of terminal acetylenes is 1. The Hall–Kier alpha value is -2.29. The van der Waals surface area contributed by atoms with Crippen molar-refractivity contribution in [3.8, 4) is 12.3 Å². The molecule has 6 heteroatoms. The molecule has 6 nitrogen and oxygen atoms in total. The molecule has 0 amide bonds. The van der Waals surface area contributed by atoms with Crippen molar-refractivity contribution in [1.29, 1.82) is 0 Å². The predicted octanol–water partition coefficient (Wildman–Crippen LogP) is 1.92. The van der Waals surface area contributed by atoms with E-state index in [9.17, 15) is 14.4 Å². The summed E-state index contributed by atoms with van der Waals surface area (Å²) in [7, 11) is 1.32. The first kappa shape index (κ1) is 17.5. The van der Waals surface area contributed by atoms with E-state index >= 15 is 0 Å². The lowest BCUT2D eigenvalue weighted by atomic mass is 9.62. The van der Waals surface area contributed by atoms with Crippen LogP contribution in [0.15, 0.2) is 11.6 Å². The summed E-state index contributed by atoms with van der Waals surface area (Å²) in [5.41, 5.74) is -2.72. The molecule has 1 saturated heterocycles. The standard InChI is InChI=1S/C19H22O6/c1-5-17(3)14-8-10-18(16(22)25-17)9-6-13(15(21)23-4)7-11-19(14,18)24-12(2)20/h1,6,14H,7-11H2,2-4H3/t14-,17+,18+,19-/m0/s1. The Bertz CT molecular complexity index is 716. The maximum atomic E-state index is 13.0. The minimum Gasteiger partial charge on any atom is -0.466 e. The van der Waals surface area contributed by atoms with E-state index in [-0.39, 0.29) is 12.3 Å². The van der Waals surface area contributed by atoms with Gasteiger partial charge in [-0.05, 0) is 39.0 Å². The minimum absolute atomic E-state index is 0.265. The summed E-state index contributed by atoms with van der Waals surface area (Å²) in [6, 6.07) is 0. The van der Waals surface area contributed by atoms with Crippen LogP contribution < -0.4 is 0 Å². The molecule has 1 heterocycles. The second kappa shape index (κ2) is 5.62. The topological polar surface area (TPSA) is 78.9 Å². The van der Waals surface area contributed by atoms with Crippen LogP contribution in [0.3, 0.4) is 0 Å². The molecule has 0 aromatic rings. The molecule has 2 aliphatic carbocycles. The Labute approximate surface area is 146 Å². The Kier molecular flexibility index (Phi) is 3.94. The first-order valence-electron chi connectivity index (χ1n) is 8.43. The van der Waals surface area contributed by atoms with Crippen molar-refractivity contribution in [3.05, 3.63) is 11.6 Å². The van der Waals surface area contributed by atoms with Crippen LogP contribution in [-0.4, -0.2) is 36.2 Å². The summed E-state index contributed by atoms with van der Waals surface area (Å²) < 4.78 is 16.3. The highest BCUT2D eigenvalue weighted by atomic mass is 16.6. The van der Waals surface area contributed by atoms with Gasteiger partial charge in [0.05, 0.1) is 13.0 Å². The zero-order chi connectivity index (χ0) is 18.5. The molecule has 2 fully saturated rings. The maximum Gasteiger partial charge on any atom is 0.333 e. The van der Waals surface area contributed by atoms with E-state index in [0.717, 1.165) is 0 Å². The van der Waals surface area contributed by atoms with Gasteiger partial charge in [-0.2, -0.15) is 0 Å². The molecule has 3 aliphatic rings. The Balaban J connectivity index is 2.14. The van der Waals surface area contributed by atoms with Crippen LogP contribution in [0.2, 0.25) is 0 Å². The fourth-order valence-electron chi connectivity index (χ4n) is 4.94. The fraction of sp³-hybridized carbons (Fsp3) is 0.632. The summed E-state index contributed by atoms with van der Waals surface area (Å²) in [6.07, 6.45) is 9.48. The predicted molar refractivity (Wildman–Crippen MR) is 86.9 cm³/mol. The average molecular weight is 346 g/mol. The van der Waals surface area contributed by atoms with E-state index in [0.29, 0.717) is 31.3 Å². The van der Waals surface area contributed by atoms with Gasteiger partial charge in [0.25, 0.3) is 0 Å². The third-order valence-corrected chi connectivity index (χ3v) is 6.12. The van der Waals surface area contributed by atoms with Gasteiger partial charge in [-0.1, -0.05) is 12.0 Å². The fourth-order valence-corrected chi connectivity index (χ4v) is 4.94. The molecule has 0 radical (unpaired) electrons. The molecule has 0 spiro atoms. The number of ether oxygens (including phenoxy) is 3. The molecule has 2 bridgehead atoms. The quantitative estimate of drug-likeness (QED) is 0.432. The van der Waals surface area contributed by atoms with Gasteiger partial charge in [-0.15, -0.1) is 6.42 Å². The van der Waals surface area contributed by atoms with Crippen molar-refractivity contribution in [3.63, 3.8) is 0 Å². The SMILES string of the molecule is C#C[C@@]1(C)OC(=O)[C@]23CC=C(C(=O)OC)CC[C@]2(OC(C)=O)[C@H]1CC3. The van der Waals surface area contributed by atoms with Gasteiger partial charge in [0, 0.05) is 12.5 Å². The van der Waals surface area contributed by atoms with E-state index in [1.807, 2.05) is 0 Å². The average Bonchev–Trinajstić information content (AvgIpc) is 2.71. The monoisotopic (exact) mass is 346 g/mol. The lowest BCUT2D eigenvalue weighted by Gasteiger charge is -2.53. The zero-order valence-corrected chi connectivity index (χ0v) is 14.7. The zero-order valence-electron chi connectivity index (χ0n) is 14.7. The van der Waals surface area contributed by atoms with Gasteiger partial charge in [-0.3, -0.25) is 9.59 Å². The molecular weight excluding hydrogens is 324 g/mol. The summed E-state index contributed by atoms with van der Waals surface area (Å²) in [5, 5.41) is 0. The molecule has 1 aliphatic heterocycles. The van der Waals surface area contributed by atoms with Crippen molar-refractivity contribution in [2.75, 3.05) is 7.11 Å². The molecule has 0 aromatic carbocycles. The van der Waals surface area contributed by atoms with Crippen LogP contribution in [0.25, 0.3) is 0 Å². The number of allylic oxidation sites excluding steroid dienone is 1. The number of methoxy groups -OCH3 is 1. The van der Waals surface area contributed by atoms with Crippen LogP contribution in [0.4, 0.5) is 0 Å². The van der Waals surface area contributed by atoms with Crippen LogP contribution in [-0.2, 0) is 28.6 Å². The highest BCUT2D eigenvalue weighted by Gasteiger charge is 2.74. The molecule has 0 aromatic heterocycles. The smallest absolute Gasteiger partial charge is 0.333 e. The molecule has 3 rings (SSSR count). The first-order valence-corrected chi connectivity index (χ1v) is 8.43. The van der Waals surface area contributed by atoms with E-state index in [1.165, 1.54) is 14.0 Å². The second-order valence-electron chi connectivity index (χ2n) is 7.22. The number of hydrogen-bond acceptors (Lipinski definition) is 6. The third kappa shape index (κ3) is 2.21. The van der Waals surface area contributed by atoms with Crippen LogP contribution in [0.1, 0.15) is 46.0 Å². The van der Waals surface area contributed by atoms with Crippen molar-refractivity contribution in [1.82, 2.24) is 0 Å². The van der Waals surface area contributed by atoms with Crippen molar-refractivity contribution in [2.45, 2.75) is 57.2 Å². The van der Waals surface area contributed by atoms with Gasteiger partial charge in [0.15, 0.2) is 5.60 Å². The lowest BCUT2D eigenvalue weighted by Crippen LogP contribution is -2.65. The largest absolute Gasteiger partial charge is 0.466 e. The van der Waals surface area contributed by atoms with Gasteiger partial charge in [0.1, 0.15) is 11.0 Å². The number of rotatable bonds is 2. The van der Waals surface area contributed by atoms with Gasteiger partial charge >= 0.3 is 17.9 Å². The van der Waals surface area contributed by atoms with E-state index in [2.05, 4.69) is 5.92 Å². The number of cyclic esters (lactones) is 1. The van der Waals surface area contributed by atoms with Gasteiger partial charge < -0.3 is 14.2 Å². The highest BCUT2D eigenvalue weighted by Crippen LogP contribution is 2.65. The number of carbonyl (C=O) groups excluding carboxylic acids is 3. The molecule has 0 N–H and O–H groups in total. The van der Waals surface area contributed by atoms with Crippen molar-refractivity contribution >= 4 is 17.9 Å². The molecule has 1 saturated carbocycles. The third-order valence-electron chi connectivity index (χ3n) is 6.12. The second-order valence-corrected chi connectivity index (χ2v) is 7.22. The number of hydrogen-bond donors (Lipinski definition) is 0. The molecule has 4 atom stereocenters. The van der Waals surface area contributed by atoms with E-state index in [4.69, 9.17) is 20.6 Å². The normalized spacial score (nSPS) is 39.2. The summed E-state index contributed by atoms with van der Waals surface area (Å²) in [5.74, 6) is 0.928. The molecular formula is C19H22O6. The Morgan fingerprint density at radius 1 is 1.40 bits per heavy atom. The van der Waals surface area contributed by atoms with Crippen LogP contribution in [0, 0.1) is 23.7 Å². The van der Waals surface area contributed by atoms with E-state index < -0.39 is 34.5 Å². The lowest BCUT2D eigenvalue weighted by molar-refractivity contribution is -0.233. The van der Waals surface area contributed by atoms with Gasteiger partial charge in [-0.25, -0.2) is 4.79 Å². The summed E-state index contributed by atoms with van der Waals surface area (Å²) >= 11 is 0. The Morgan fingerprint density at radius 2 is 2.12 bits per heavy atom. The summed E-state index contributed by atoms with van der Waals surface area (Å²) in [4.78, 5) is 36.9.